The number of alkyl halides is 6. The van der Waals surface area contributed by atoms with Crippen LogP contribution in [0.1, 0.15) is 58.5 Å². The molecule has 0 saturated heterocycles. The molecule has 1 aliphatic rings. The smallest absolute Gasteiger partial charge is 0.416 e. The summed E-state index contributed by atoms with van der Waals surface area (Å²) in [4.78, 5) is 48.4. The molecule has 1 saturated carbocycles. The summed E-state index contributed by atoms with van der Waals surface area (Å²) in [7, 11) is -8.14. The highest BCUT2D eigenvalue weighted by Gasteiger charge is 2.36. The van der Waals surface area contributed by atoms with Crippen molar-refractivity contribution in [3.63, 3.8) is 0 Å². The fourth-order valence-corrected chi connectivity index (χ4v) is 6.10. The molecule has 0 atom stereocenters. The van der Waals surface area contributed by atoms with Crippen molar-refractivity contribution in [2.45, 2.75) is 42.9 Å². The molecule has 0 spiro atoms. The number of carbonyl (C=O) groups excluding carboxylic acids is 1. The predicted octanol–water partition coefficient (Wildman–Crippen LogP) is 7.46. The van der Waals surface area contributed by atoms with E-state index in [4.69, 9.17) is 40.5 Å². The molecule has 0 amide bonds. The van der Waals surface area contributed by atoms with E-state index >= 15 is 0 Å². The minimum Gasteiger partial charge on any atom is -0.487 e. The number of carboxylic acid groups (broad SMARTS) is 1. The molecular formula is C33H31ClF6N3O13PS. The molecule has 58 heavy (non-hydrogen) atoms. The van der Waals surface area contributed by atoms with Crippen LogP contribution < -0.4 is 14.8 Å². The second-order valence-corrected chi connectivity index (χ2v) is 15.9. The SMILES string of the molecule is CCOc1cc(Oc2ccc(C(F)(F)F)cc2Cl)ccc1[N+](=O)[O-].CS(=O)(=O)c1cc(C(F)(F)F)ccc1C(=O)c1cnoc1C1CC1.O=C(O)CNCP(=O)(O)O. The maximum Gasteiger partial charge on any atom is 0.416 e. The van der Waals surface area contributed by atoms with E-state index in [9.17, 15) is 59.0 Å². The Bertz CT molecular complexity index is 2300. The zero-order chi connectivity index (χ0) is 43.8. The maximum absolute atomic E-state index is 12.8. The first-order chi connectivity index (χ1) is 26.7. The van der Waals surface area contributed by atoms with E-state index in [-0.39, 0.29) is 51.6 Å². The number of aliphatic carboxylic acids is 1. The van der Waals surface area contributed by atoms with Crippen LogP contribution in [0.15, 0.2) is 70.2 Å². The molecule has 5 rings (SSSR count). The van der Waals surface area contributed by atoms with Crippen LogP contribution in [0.4, 0.5) is 32.0 Å². The van der Waals surface area contributed by atoms with Gasteiger partial charge in [-0.15, -0.1) is 0 Å². The van der Waals surface area contributed by atoms with Gasteiger partial charge in [0.25, 0.3) is 0 Å². The standard InChI is InChI=1S/C15H11ClF3NO4.C15H12F3NO4S.C3H8NO5P/c1-2-23-14-8-10(4-5-12(14)20(21)22)24-13-6-3-9(7-11(13)16)15(17,18)19;1-24(21,22)12-6-9(15(16,17)18)4-5-10(12)13(20)11-7-19-23-14(11)8-2-3-8;5-3(6)1-4-2-10(7,8)9/h3-8H,2H2,1H3;4-8H,2-3H2,1H3;4H,1-2H2,(H,5,6)(H2,7,8,9). The fraction of sp³-hybridized carbons (Fsp3) is 0.303. The van der Waals surface area contributed by atoms with Crippen molar-refractivity contribution in [2.24, 2.45) is 0 Å². The molecule has 1 fully saturated rings. The monoisotopic (exact) mass is 889 g/mol. The highest BCUT2D eigenvalue weighted by molar-refractivity contribution is 7.90. The predicted molar refractivity (Wildman–Crippen MR) is 190 cm³/mol. The lowest BCUT2D eigenvalue weighted by molar-refractivity contribution is -0.385. The zero-order valence-corrected chi connectivity index (χ0v) is 32.2. The van der Waals surface area contributed by atoms with Crippen LogP contribution in [0.2, 0.25) is 5.02 Å². The summed E-state index contributed by atoms with van der Waals surface area (Å²) in [5.74, 6) is -1.35. The normalized spacial score (nSPS) is 13.0. The van der Waals surface area contributed by atoms with Crippen molar-refractivity contribution in [2.75, 3.05) is 25.7 Å². The van der Waals surface area contributed by atoms with Crippen molar-refractivity contribution in [3.8, 4) is 17.2 Å². The highest BCUT2D eigenvalue weighted by atomic mass is 35.5. The molecule has 1 heterocycles. The molecule has 25 heteroatoms. The van der Waals surface area contributed by atoms with Crippen molar-refractivity contribution in [1.29, 1.82) is 0 Å². The Morgan fingerprint density at radius 3 is 2.10 bits per heavy atom. The van der Waals surface area contributed by atoms with Crippen LogP contribution >= 0.6 is 19.2 Å². The van der Waals surface area contributed by atoms with Crippen LogP contribution in [0.3, 0.4) is 0 Å². The molecular weight excluding hydrogens is 859 g/mol. The van der Waals surface area contributed by atoms with Gasteiger partial charge in [0.2, 0.25) is 5.75 Å². The van der Waals surface area contributed by atoms with Crippen LogP contribution in [0, 0.1) is 10.1 Å². The number of sulfone groups is 1. The van der Waals surface area contributed by atoms with Gasteiger partial charge in [0.05, 0.1) is 57.2 Å². The van der Waals surface area contributed by atoms with Crippen LogP contribution in [-0.4, -0.2) is 70.8 Å². The van der Waals surface area contributed by atoms with Crippen LogP contribution in [-0.2, 0) is 31.5 Å². The summed E-state index contributed by atoms with van der Waals surface area (Å²) >= 11 is 5.80. The molecule has 4 aromatic rings. The molecule has 16 nitrogen and oxygen atoms in total. The molecule has 0 radical (unpaired) electrons. The number of hydrogen-bond acceptors (Lipinski definition) is 12. The zero-order valence-electron chi connectivity index (χ0n) is 29.7. The summed E-state index contributed by atoms with van der Waals surface area (Å²) in [5.41, 5.74) is -2.52. The number of ketones is 1. The van der Waals surface area contributed by atoms with Crippen LogP contribution in [0.25, 0.3) is 0 Å². The average molecular weight is 890 g/mol. The fourth-order valence-electron chi connectivity index (χ4n) is 4.57. The number of rotatable bonds is 13. The largest absolute Gasteiger partial charge is 0.487 e. The second kappa shape index (κ2) is 19.1. The summed E-state index contributed by atoms with van der Waals surface area (Å²) in [5, 5.41) is 24.3. The van der Waals surface area contributed by atoms with Crippen molar-refractivity contribution in [3.05, 3.63) is 104 Å². The van der Waals surface area contributed by atoms with E-state index in [1.54, 1.807) is 6.92 Å². The average Bonchev–Trinajstić information content (AvgIpc) is 3.82. The topological polar surface area (TPSA) is 246 Å². The Hall–Kier alpha value is -5.06. The number of aromatic nitrogens is 1. The lowest BCUT2D eigenvalue weighted by Crippen LogP contribution is -2.23. The molecule has 1 aromatic heterocycles. The molecule has 1 aliphatic carbocycles. The molecule has 316 valence electrons. The number of carboxylic acids is 1. The third-order valence-corrected chi connectivity index (χ3v) is 9.32. The molecule has 0 unspecified atom stereocenters. The summed E-state index contributed by atoms with van der Waals surface area (Å²) in [6.07, 6.45) is -6.26. The Balaban J connectivity index is 0.000000253. The van der Waals surface area contributed by atoms with Crippen molar-refractivity contribution < 1.29 is 82.7 Å². The summed E-state index contributed by atoms with van der Waals surface area (Å²) < 4.78 is 126. The number of nitrogens with zero attached hydrogens (tertiary/aromatic N) is 2. The quantitative estimate of drug-likeness (QED) is 0.0335. The Labute approximate surface area is 328 Å². The van der Waals surface area contributed by atoms with Gasteiger partial charge in [-0.3, -0.25) is 29.6 Å². The van der Waals surface area contributed by atoms with Crippen molar-refractivity contribution in [1.82, 2.24) is 10.5 Å². The highest BCUT2D eigenvalue weighted by Crippen LogP contribution is 2.43. The van der Waals surface area contributed by atoms with Gasteiger partial charge in [-0.2, -0.15) is 26.3 Å². The van der Waals surface area contributed by atoms with Gasteiger partial charge >= 0.3 is 31.6 Å². The van der Waals surface area contributed by atoms with Gasteiger partial charge in [-0.25, -0.2) is 8.42 Å². The minimum absolute atomic E-state index is 0.0111. The van der Waals surface area contributed by atoms with E-state index < -0.39 is 75.3 Å². The number of halogens is 7. The lowest BCUT2D eigenvalue weighted by atomic mass is 10.0. The van der Waals surface area contributed by atoms with Gasteiger partial charge in [0.15, 0.2) is 21.4 Å². The first-order valence-electron chi connectivity index (χ1n) is 16.1. The Morgan fingerprint density at radius 2 is 1.60 bits per heavy atom. The molecule has 3 aromatic carbocycles. The van der Waals surface area contributed by atoms with E-state index in [0.29, 0.717) is 17.9 Å². The molecule has 0 aliphatic heterocycles. The van der Waals surface area contributed by atoms with E-state index in [2.05, 4.69) is 10.5 Å². The number of carbonyl (C=O) groups is 2. The van der Waals surface area contributed by atoms with E-state index in [1.807, 2.05) is 0 Å². The number of nitrogens with one attached hydrogen (secondary N) is 1. The van der Waals surface area contributed by atoms with Crippen LogP contribution in [0.5, 0.6) is 17.2 Å². The summed E-state index contributed by atoms with van der Waals surface area (Å²) in [6, 6.07) is 8.45. The third-order valence-electron chi connectivity index (χ3n) is 7.25. The van der Waals surface area contributed by atoms with Gasteiger partial charge < -0.3 is 28.9 Å². The number of ether oxygens (including phenoxy) is 2. The number of hydrogen-bond donors (Lipinski definition) is 4. The maximum atomic E-state index is 12.8. The van der Waals surface area contributed by atoms with Gasteiger partial charge in [0, 0.05) is 29.9 Å². The minimum atomic E-state index is -4.71. The molecule has 4 N–H and O–H groups in total. The number of nitro groups is 1. The Morgan fingerprint density at radius 1 is 1.00 bits per heavy atom. The van der Waals surface area contributed by atoms with E-state index in [0.717, 1.165) is 43.4 Å². The number of benzene rings is 3. The van der Waals surface area contributed by atoms with Crippen molar-refractivity contribution >= 4 is 46.5 Å². The first-order valence-corrected chi connectivity index (χ1v) is 20.1. The second-order valence-electron chi connectivity index (χ2n) is 11.9. The first kappa shape index (κ1) is 47.3. The lowest BCUT2D eigenvalue weighted by Gasteiger charge is -2.12. The molecule has 0 bridgehead atoms. The number of nitro benzene ring substituents is 1. The third kappa shape index (κ3) is 14.1. The summed E-state index contributed by atoms with van der Waals surface area (Å²) in [6.45, 7) is 1.42. The van der Waals surface area contributed by atoms with Gasteiger partial charge in [-0.1, -0.05) is 16.8 Å². The Kier molecular flexibility index (Phi) is 15.6. The van der Waals surface area contributed by atoms with E-state index in [1.165, 1.54) is 24.4 Å². The van der Waals surface area contributed by atoms with Gasteiger partial charge in [-0.05, 0) is 62.2 Å². The van der Waals surface area contributed by atoms with Gasteiger partial charge in [0.1, 0.15) is 11.5 Å².